The number of carbonyl (C=O) groups is 2. The van der Waals surface area contributed by atoms with E-state index in [0.717, 1.165) is 19.4 Å². The minimum Gasteiger partial charge on any atom is -0.376 e. The first-order chi connectivity index (χ1) is 11.5. The summed E-state index contributed by atoms with van der Waals surface area (Å²) in [5.74, 6) is -0.471. The fourth-order valence-electron chi connectivity index (χ4n) is 3.09. The number of benzene rings is 1. The van der Waals surface area contributed by atoms with Crippen molar-refractivity contribution >= 4 is 17.6 Å². The maximum atomic E-state index is 13.4. The highest BCUT2D eigenvalue weighted by Gasteiger charge is 2.33. The van der Waals surface area contributed by atoms with Crippen LogP contribution in [0.4, 0.5) is 14.9 Å². The third-order valence-electron chi connectivity index (χ3n) is 4.48. The van der Waals surface area contributed by atoms with Crippen LogP contribution in [0.1, 0.15) is 24.8 Å². The molecule has 0 unspecified atom stereocenters. The van der Waals surface area contributed by atoms with E-state index >= 15 is 0 Å². The normalized spacial score (nSPS) is 23.6. The van der Waals surface area contributed by atoms with Crippen molar-refractivity contribution < 1.29 is 18.7 Å². The first kappa shape index (κ1) is 16.7. The van der Waals surface area contributed by atoms with Gasteiger partial charge < -0.3 is 20.3 Å². The molecule has 0 spiro atoms. The highest BCUT2D eigenvalue weighted by atomic mass is 19.1. The second kappa shape index (κ2) is 7.17. The maximum Gasteiger partial charge on any atom is 0.315 e. The number of carbonyl (C=O) groups excluding carboxylic acids is 2. The van der Waals surface area contributed by atoms with Crippen molar-refractivity contribution in [3.8, 4) is 0 Å². The number of hydrogen-bond donors (Lipinski definition) is 2. The Morgan fingerprint density at radius 3 is 2.96 bits per heavy atom. The Balaban J connectivity index is 1.53. The molecule has 3 amide bonds. The summed E-state index contributed by atoms with van der Waals surface area (Å²) in [5.41, 5.74) is 1.15. The van der Waals surface area contributed by atoms with Gasteiger partial charge in [0.15, 0.2) is 0 Å². The van der Waals surface area contributed by atoms with E-state index in [9.17, 15) is 14.0 Å². The van der Waals surface area contributed by atoms with Gasteiger partial charge in [0, 0.05) is 25.4 Å². The Labute approximate surface area is 140 Å². The first-order valence-electron chi connectivity index (χ1n) is 8.28. The van der Waals surface area contributed by atoms with Crippen molar-refractivity contribution in [1.82, 2.24) is 10.6 Å². The fourth-order valence-corrected chi connectivity index (χ4v) is 3.09. The standard InChI is InChI=1S/C17H22FN3O3/c1-11-9-12(4-5-14(11)18)21-7-6-15(16(21)22)20-17(23)19-10-13-3-2-8-24-13/h4-5,9,13,15H,2-3,6-8,10H2,1H3,(H2,19,20,23)/t13-,15+/m1/s1. The number of rotatable bonds is 4. The van der Waals surface area contributed by atoms with Crippen molar-refractivity contribution in [3.63, 3.8) is 0 Å². The molecule has 6 nitrogen and oxygen atoms in total. The van der Waals surface area contributed by atoms with E-state index in [1.165, 1.54) is 6.07 Å². The highest BCUT2D eigenvalue weighted by molar-refractivity contribution is 6.01. The molecule has 2 heterocycles. The van der Waals surface area contributed by atoms with Crippen LogP contribution in [0.2, 0.25) is 0 Å². The van der Waals surface area contributed by atoms with Gasteiger partial charge in [0.05, 0.1) is 6.10 Å². The molecule has 7 heteroatoms. The van der Waals surface area contributed by atoms with Gasteiger partial charge >= 0.3 is 6.03 Å². The predicted molar refractivity (Wildman–Crippen MR) is 87.4 cm³/mol. The van der Waals surface area contributed by atoms with Crippen LogP contribution in [0.25, 0.3) is 0 Å². The van der Waals surface area contributed by atoms with Gasteiger partial charge in [-0.05, 0) is 49.9 Å². The summed E-state index contributed by atoms with van der Waals surface area (Å²) in [4.78, 5) is 26.0. The fraction of sp³-hybridized carbons (Fsp3) is 0.529. The van der Waals surface area contributed by atoms with E-state index in [0.29, 0.717) is 30.8 Å². The zero-order chi connectivity index (χ0) is 17.1. The summed E-state index contributed by atoms with van der Waals surface area (Å²) in [6.45, 7) is 3.35. The second-order valence-electron chi connectivity index (χ2n) is 6.25. The number of hydrogen-bond acceptors (Lipinski definition) is 3. The van der Waals surface area contributed by atoms with Crippen molar-refractivity contribution in [1.29, 1.82) is 0 Å². The van der Waals surface area contributed by atoms with Crippen LogP contribution in [-0.4, -0.2) is 43.8 Å². The van der Waals surface area contributed by atoms with Gasteiger partial charge in [-0.3, -0.25) is 4.79 Å². The number of aryl methyl sites for hydroxylation is 1. The summed E-state index contributed by atoms with van der Waals surface area (Å²) in [6, 6.07) is 3.67. The molecule has 2 fully saturated rings. The molecule has 2 aliphatic rings. The van der Waals surface area contributed by atoms with Crippen molar-refractivity contribution in [2.75, 3.05) is 24.6 Å². The molecule has 2 atom stereocenters. The average molecular weight is 335 g/mol. The lowest BCUT2D eigenvalue weighted by molar-refractivity contribution is -0.118. The van der Waals surface area contributed by atoms with Gasteiger partial charge in [-0.25, -0.2) is 9.18 Å². The number of urea groups is 1. The minimum absolute atomic E-state index is 0.0636. The van der Waals surface area contributed by atoms with Crippen molar-refractivity contribution in [2.45, 2.75) is 38.3 Å². The Bertz CT molecular complexity index is 632. The number of nitrogens with one attached hydrogen (secondary N) is 2. The van der Waals surface area contributed by atoms with Crippen LogP contribution in [0.15, 0.2) is 18.2 Å². The molecule has 0 aromatic heterocycles. The van der Waals surface area contributed by atoms with Gasteiger partial charge in [-0.1, -0.05) is 0 Å². The van der Waals surface area contributed by atoms with Crippen molar-refractivity contribution in [3.05, 3.63) is 29.6 Å². The number of ether oxygens (including phenoxy) is 1. The lowest BCUT2D eigenvalue weighted by Crippen LogP contribution is -2.47. The lowest BCUT2D eigenvalue weighted by atomic mass is 10.2. The van der Waals surface area contributed by atoms with Gasteiger partial charge in [-0.15, -0.1) is 0 Å². The maximum absolute atomic E-state index is 13.4. The van der Waals surface area contributed by atoms with Crippen LogP contribution in [0, 0.1) is 12.7 Å². The molecule has 3 rings (SSSR count). The summed E-state index contributed by atoms with van der Waals surface area (Å²) in [5, 5.41) is 5.46. The van der Waals surface area contributed by atoms with Crippen LogP contribution in [0.3, 0.4) is 0 Å². The third-order valence-corrected chi connectivity index (χ3v) is 4.48. The molecule has 130 valence electrons. The first-order valence-corrected chi connectivity index (χ1v) is 8.28. The average Bonchev–Trinajstić information content (AvgIpc) is 3.19. The summed E-state index contributed by atoms with van der Waals surface area (Å²) < 4.78 is 18.8. The van der Waals surface area contributed by atoms with Crippen LogP contribution < -0.4 is 15.5 Å². The smallest absolute Gasteiger partial charge is 0.315 e. The van der Waals surface area contributed by atoms with E-state index in [2.05, 4.69) is 10.6 Å². The number of nitrogens with zero attached hydrogens (tertiary/aromatic N) is 1. The van der Waals surface area contributed by atoms with E-state index < -0.39 is 6.04 Å². The summed E-state index contributed by atoms with van der Waals surface area (Å²) in [6.07, 6.45) is 2.55. The molecule has 0 radical (unpaired) electrons. The molecule has 0 bridgehead atoms. The molecule has 0 aliphatic carbocycles. The molecule has 0 saturated carbocycles. The van der Waals surface area contributed by atoms with E-state index in [-0.39, 0.29) is 23.9 Å². The summed E-state index contributed by atoms with van der Waals surface area (Å²) in [7, 11) is 0. The third kappa shape index (κ3) is 3.67. The Morgan fingerprint density at radius 2 is 2.25 bits per heavy atom. The van der Waals surface area contributed by atoms with Gasteiger partial charge in [0.2, 0.25) is 5.91 Å². The van der Waals surface area contributed by atoms with Gasteiger partial charge in [-0.2, -0.15) is 0 Å². The Hall–Kier alpha value is -2.15. The monoisotopic (exact) mass is 335 g/mol. The Morgan fingerprint density at radius 1 is 1.42 bits per heavy atom. The molecule has 2 N–H and O–H groups in total. The molecule has 1 aromatic rings. The Kier molecular flexibility index (Phi) is 4.99. The number of halogens is 1. The zero-order valence-electron chi connectivity index (χ0n) is 13.7. The van der Waals surface area contributed by atoms with Gasteiger partial charge in [0.25, 0.3) is 0 Å². The molecule has 2 saturated heterocycles. The van der Waals surface area contributed by atoms with Crippen LogP contribution >= 0.6 is 0 Å². The SMILES string of the molecule is Cc1cc(N2CC[C@H](NC(=O)NC[C@H]3CCCO3)C2=O)ccc1F. The molecular formula is C17H22FN3O3. The van der Waals surface area contributed by atoms with Crippen LogP contribution in [-0.2, 0) is 9.53 Å². The second-order valence-corrected chi connectivity index (χ2v) is 6.25. The summed E-state index contributed by atoms with van der Waals surface area (Å²) >= 11 is 0. The molecular weight excluding hydrogens is 313 g/mol. The number of anilines is 1. The molecule has 1 aromatic carbocycles. The predicted octanol–water partition coefficient (Wildman–Crippen LogP) is 1.72. The van der Waals surface area contributed by atoms with E-state index in [1.54, 1.807) is 24.0 Å². The van der Waals surface area contributed by atoms with Crippen molar-refractivity contribution in [2.24, 2.45) is 0 Å². The number of amides is 3. The lowest BCUT2D eigenvalue weighted by Gasteiger charge is -2.18. The van der Waals surface area contributed by atoms with Crippen LogP contribution in [0.5, 0.6) is 0 Å². The largest absolute Gasteiger partial charge is 0.376 e. The molecule has 2 aliphatic heterocycles. The van der Waals surface area contributed by atoms with Gasteiger partial charge in [0.1, 0.15) is 11.9 Å². The minimum atomic E-state index is -0.556. The van der Waals surface area contributed by atoms with E-state index in [1.807, 2.05) is 0 Å². The zero-order valence-corrected chi connectivity index (χ0v) is 13.7. The topological polar surface area (TPSA) is 70.7 Å². The molecule has 24 heavy (non-hydrogen) atoms. The van der Waals surface area contributed by atoms with E-state index in [4.69, 9.17) is 4.74 Å². The quantitative estimate of drug-likeness (QED) is 0.880. The highest BCUT2D eigenvalue weighted by Crippen LogP contribution is 2.23.